The Kier molecular flexibility index (Phi) is 15.9. The molecule has 0 unspecified atom stereocenters. The molecule has 64 heavy (non-hydrogen) atoms. The number of aryl methyl sites for hydroxylation is 1. The maximum Gasteiger partial charge on any atom is 0.255 e. The summed E-state index contributed by atoms with van der Waals surface area (Å²) >= 11 is 6.64. The van der Waals surface area contributed by atoms with Gasteiger partial charge in [0.2, 0.25) is 11.8 Å². The smallest absolute Gasteiger partial charge is 0.255 e. The predicted molar refractivity (Wildman–Crippen MR) is 243 cm³/mol. The number of rotatable bonds is 24. The molecular formula is C48H61ClN8O7. The zero-order valence-corrected chi connectivity index (χ0v) is 37.5. The zero-order chi connectivity index (χ0) is 44.3. The van der Waals surface area contributed by atoms with E-state index >= 15 is 0 Å². The van der Waals surface area contributed by atoms with Gasteiger partial charge in [0.1, 0.15) is 24.2 Å². The lowest BCUT2D eigenvalue weighted by Crippen LogP contribution is -2.52. The van der Waals surface area contributed by atoms with Crippen LogP contribution in [0.2, 0.25) is 5.02 Å². The van der Waals surface area contributed by atoms with Crippen molar-refractivity contribution in [2.45, 2.75) is 95.6 Å². The van der Waals surface area contributed by atoms with Crippen LogP contribution in [0.15, 0.2) is 60.8 Å². The van der Waals surface area contributed by atoms with E-state index in [4.69, 9.17) is 35.5 Å². The van der Waals surface area contributed by atoms with Gasteiger partial charge in [-0.3, -0.25) is 24.4 Å². The van der Waals surface area contributed by atoms with Gasteiger partial charge in [-0.15, -0.1) is 0 Å². The number of amides is 3. The molecule has 4 heterocycles. The molecule has 16 heteroatoms. The lowest BCUT2D eigenvalue weighted by Gasteiger charge is -2.30. The number of aromatic nitrogens is 3. The number of benzene rings is 2. The van der Waals surface area contributed by atoms with Crippen LogP contribution in [-0.2, 0) is 57.0 Å². The van der Waals surface area contributed by atoms with Crippen LogP contribution < -0.4 is 26.0 Å². The number of carbonyl (C=O) groups is 3. The molecule has 15 nitrogen and oxygen atoms in total. The van der Waals surface area contributed by atoms with Crippen molar-refractivity contribution < 1.29 is 33.3 Å². The summed E-state index contributed by atoms with van der Waals surface area (Å²) in [5.74, 6) is 1.30. The van der Waals surface area contributed by atoms with Crippen molar-refractivity contribution in [3.05, 3.63) is 93.8 Å². The lowest BCUT2D eigenvalue weighted by molar-refractivity contribution is -0.136. The molecule has 1 saturated heterocycles. The number of hydrogen-bond acceptors (Lipinski definition) is 12. The van der Waals surface area contributed by atoms with E-state index in [2.05, 4.69) is 38.5 Å². The Morgan fingerprint density at radius 2 is 1.52 bits per heavy atom. The maximum absolute atomic E-state index is 13.1. The second-order valence-electron chi connectivity index (χ2n) is 17.3. The highest BCUT2D eigenvalue weighted by atomic mass is 35.5. The van der Waals surface area contributed by atoms with E-state index in [1.165, 1.54) is 23.4 Å². The number of ether oxygens (including phenoxy) is 4. The van der Waals surface area contributed by atoms with E-state index in [1.54, 1.807) is 12.1 Å². The molecule has 2 saturated carbocycles. The zero-order valence-electron chi connectivity index (χ0n) is 36.7. The van der Waals surface area contributed by atoms with Crippen molar-refractivity contribution in [1.82, 2.24) is 35.6 Å². The van der Waals surface area contributed by atoms with Gasteiger partial charge in [-0.2, -0.15) is 5.10 Å². The van der Waals surface area contributed by atoms with Gasteiger partial charge in [0.05, 0.1) is 63.1 Å². The fourth-order valence-corrected chi connectivity index (χ4v) is 8.93. The SMILES string of the molecule is Cn1ncc(-c2nc(NC3CCC(NCCOCCOCCOCCNCc4ccc(COc5cccc6c5CN([C@H]5CCC(=O)NC5=O)C6=O)cc4)CC3)ccc2Cl)c1CC1CC1. The predicted octanol–water partition coefficient (Wildman–Crippen LogP) is 5.58. The first-order valence-corrected chi connectivity index (χ1v) is 23.3. The van der Waals surface area contributed by atoms with Crippen molar-refractivity contribution in [2.75, 3.05) is 58.0 Å². The van der Waals surface area contributed by atoms with Crippen LogP contribution in [0.4, 0.5) is 5.82 Å². The molecule has 4 aromatic rings. The van der Waals surface area contributed by atoms with Crippen LogP contribution >= 0.6 is 11.6 Å². The number of pyridine rings is 1. The van der Waals surface area contributed by atoms with Crippen molar-refractivity contribution in [2.24, 2.45) is 13.0 Å². The van der Waals surface area contributed by atoms with Crippen LogP contribution in [0.25, 0.3) is 11.3 Å². The molecule has 3 fully saturated rings. The van der Waals surface area contributed by atoms with E-state index in [-0.39, 0.29) is 24.8 Å². The molecule has 0 spiro atoms. The number of nitrogens with zero attached hydrogens (tertiary/aromatic N) is 4. The Balaban J connectivity index is 0.616. The molecule has 2 aliphatic heterocycles. The van der Waals surface area contributed by atoms with Crippen LogP contribution in [-0.4, -0.2) is 108 Å². The number of anilines is 1. The maximum atomic E-state index is 13.1. The number of piperidine rings is 1. The van der Waals surface area contributed by atoms with Gasteiger partial charge in [0.15, 0.2) is 0 Å². The molecule has 8 rings (SSSR count). The molecule has 342 valence electrons. The van der Waals surface area contributed by atoms with E-state index < -0.39 is 11.9 Å². The molecule has 2 aromatic carbocycles. The molecular weight excluding hydrogens is 836 g/mol. The number of carbonyl (C=O) groups excluding carboxylic acids is 3. The minimum absolute atomic E-state index is 0.215. The van der Waals surface area contributed by atoms with Crippen LogP contribution in [0.3, 0.4) is 0 Å². The fourth-order valence-electron chi connectivity index (χ4n) is 8.72. The number of halogens is 1. The molecule has 2 aromatic heterocycles. The third-order valence-corrected chi connectivity index (χ3v) is 12.9. The fraction of sp³-hybridized carbons (Fsp3) is 0.521. The topological polar surface area (TPSA) is 170 Å². The van der Waals surface area contributed by atoms with E-state index in [0.29, 0.717) is 87.6 Å². The van der Waals surface area contributed by atoms with Gasteiger partial charge in [-0.05, 0) is 92.7 Å². The lowest BCUT2D eigenvalue weighted by atomic mass is 9.91. The van der Waals surface area contributed by atoms with E-state index in [1.807, 2.05) is 48.3 Å². The molecule has 2 aliphatic carbocycles. The molecule has 0 radical (unpaired) electrons. The third-order valence-electron chi connectivity index (χ3n) is 12.6. The minimum atomic E-state index is -0.658. The molecule has 0 bridgehead atoms. The quantitative estimate of drug-likeness (QED) is 0.0510. The first-order chi connectivity index (χ1) is 31.3. The van der Waals surface area contributed by atoms with E-state index in [9.17, 15) is 14.4 Å². The number of nitrogens with one attached hydrogen (secondary N) is 4. The Bertz CT molecular complexity index is 2210. The summed E-state index contributed by atoms with van der Waals surface area (Å²) in [4.78, 5) is 43.6. The second-order valence-corrected chi connectivity index (χ2v) is 17.7. The Labute approximate surface area is 380 Å². The minimum Gasteiger partial charge on any atom is -0.489 e. The van der Waals surface area contributed by atoms with Gasteiger partial charge < -0.3 is 39.8 Å². The van der Waals surface area contributed by atoms with E-state index in [0.717, 1.165) is 84.9 Å². The van der Waals surface area contributed by atoms with Gasteiger partial charge in [0.25, 0.3) is 5.91 Å². The summed E-state index contributed by atoms with van der Waals surface area (Å²) in [5, 5.41) is 18.3. The largest absolute Gasteiger partial charge is 0.489 e. The normalized spacial score (nSPS) is 19.8. The van der Waals surface area contributed by atoms with Crippen LogP contribution in [0.1, 0.15) is 84.1 Å². The highest BCUT2D eigenvalue weighted by Crippen LogP contribution is 2.38. The van der Waals surface area contributed by atoms with Crippen molar-refractivity contribution in [3.8, 4) is 17.0 Å². The van der Waals surface area contributed by atoms with Crippen molar-refractivity contribution in [1.29, 1.82) is 0 Å². The third kappa shape index (κ3) is 12.3. The molecule has 1 atom stereocenters. The first kappa shape index (κ1) is 45.7. The van der Waals surface area contributed by atoms with Gasteiger partial charge in [0, 0.05) is 67.6 Å². The standard InChI is InChI=1S/C48H61ClN8O7/c1-56-42(27-32-5-6-32)38(29-52-56)46-40(49)15-17-44(54-46)53-36-13-11-35(12-14-36)51-20-22-62-24-26-63-25-23-61-21-19-50-28-33-7-9-34(10-8-33)31-64-43-4-2-3-37-39(43)30-57(48(37)60)41-16-18-45(58)55-47(41)59/h2-4,7-10,15,17,29,32,35-36,41,50-51H,5-6,11-14,16,18-28,30-31H2,1H3,(H,53,54)(H,55,58,59)/t35?,36?,41-/m0/s1. The molecule has 4 N–H and O–H groups in total. The highest BCUT2D eigenvalue weighted by molar-refractivity contribution is 6.33. The van der Waals surface area contributed by atoms with Gasteiger partial charge >= 0.3 is 0 Å². The Morgan fingerprint density at radius 1 is 0.797 bits per heavy atom. The Hall–Kier alpha value is -4.90. The molecule has 4 aliphatic rings. The summed E-state index contributed by atoms with van der Waals surface area (Å²) < 4.78 is 25.3. The van der Waals surface area contributed by atoms with Gasteiger partial charge in [-0.1, -0.05) is 41.9 Å². The average Bonchev–Trinajstić information content (AvgIpc) is 3.97. The van der Waals surface area contributed by atoms with Gasteiger partial charge in [-0.25, -0.2) is 4.98 Å². The number of hydrogen-bond donors (Lipinski definition) is 4. The van der Waals surface area contributed by atoms with Crippen LogP contribution in [0.5, 0.6) is 5.75 Å². The van der Waals surface area contributed by atoms with Crippen molar-refractivity contribution >= 4 is 35.1 Å². The number of fused-ring (bicyclic) bond motifs is 1. The summed E-state index contributed by atoms with van der Waals surface area (Å²) in [6.07, 6.45) is 10.4. The monoisotopic (exact) mass is 896 g/mol. The van der Waals surface area contributed by atoms with Crippen LogP contribution in [0, 0.1) is 5.92 Å². The number of imide groups is 1. The summed E-state index contributed by atoms with van der Waals surface area (Å²) in [5.41, 5.74) is 6.52. The first-order valence-electron chi connectivity index (χ1n) is 22.9. The second kappa shape index (κ2) is 22.3. The Morgan fingerprint density at radius 3 is 2.27 bits per heavy atom. The average molecular weight is 898 g/mol. The summed E-state index contributed by atoms with van der Waals surface area (Å²) in [7, 11) is 2.00. The summed E-state index contributed by atoms with van der Waals surface area (Å²) in [6, 6.07) is 17.7. The van der Waals surface area contributed by atoms with Crippen molar-refractivity contribution in [3.63, 3.8) is 0 Å². The summed E-state index contributed by atoms with van der Waals surface area (Å²) in [6.45, 7) is 6.28. The highest BCUT2D eigenvalue weighted by Gasteiger charge is 2.40. The molecule has 3 amide bonds.